The van der Waals surface area contributed by atoms with E-state index in [1.165, 1.54) is 49.9 Å². The van der Waals surface area contributed by atoms with Crippen molar-refractivity contribution in [1.29, 1.82) is 0 Å². The van der Waals surface area contributed by atoms with Gasteiger partial charge in [-0.3, -0.25) is 9.69 Å². The minimum atomic E-state index is -0.0201. The van der Waals surface area contributed by atoms with Crippen LogP contribution in [0.25, 0.3) is 0 Å². The molecule has 0 aromatic heterocycles. The Labute approximate surface area is 176 Å². The van der Waals surface area contributed by atoms with Crippen LogP contribution in [-0.4, -0.2) is 23.9 Å². The highest BCUT2D eigenvalue weighted by Gasteiger charge is 2.16. The van der Waals surface area contributed by atoms with Crippen molar-refractivity contribution in [3.8, 4) is 0 Å². The molecule has 1 heterocycles. The predicted octanol–water partition coefficient (Wildman–Crippen LogP) is 5.85. The fraction of sp³-hybridized carbons (Fsp3) is 0.500. The molecule has 3 nitrogen and oxygen atoms in total. The van der Waals surface area contributed by atoms with Gasteiger partial charge in [-0.1, -0.05) is 70.0 Å². The average Bonchev–Trinajstić information content (AvgIpc) is 2.96. The lowest BCUT2D eigenvalue weighted by Gasteiger charge is -2.21. The molecule has 1 atom stereocenters. The van der Waals surface area contributed by atoms with Crippen LogP contribution in [0.5, 0.6) is 0 Å². The summed E-state index contributed by atoms with van der Waals surface area (Å²) in [7, 11) is 0. The number of carbonyl (C=O) groups excluding carboxylic acids is 1. The fourth-order valence-electron chi connectivity index (χ4n) is 3.95. The molecule has 1 aliphatic rings. The van der Waals surface area contributed by atoms with Crippen molar-refractivity contribution in [3.63, 3.8) is 0 Å². The van der Waals surface area contributed by atoms with Gasteiger partial charge in [0.05, 0.1) is 6.04 Å². The molecule has 1 amide bonds. The molecule has 0 aliphatic carbocycles. The minimum absolute atomic E-state index is 0.0151. The lowest BCUT2D eigenvalue weighted by atomic mass is 9.86. The molecule has 0 bridgehead atoms. The highest BCUT2D eigenvalue weighted by molar-refractivity contribution is 5.94. The first kappa shape index (κ1) is 21.6. The average molecular weight is 393 g/mol. The molecule has 1 fully saturated rings. The van der Waals surface area contributed by atoms with Gasteiger partial charge in [0, 0.05) is 12.1 Å². The largest absolute Gasteiger partial charge is 0.346 e. The molecule has 0 unspecified atom stereocenters. The van der Waals surface area contributed by atoms with Crippen molar-refractivity contribution in [3.05, 3.63) is 70.8 Å². The van der Waals surface area contributed by atoms with Crippen molar-refractivity contribution in [1.82, 2.24) is 10.2 Å². The molecule has 3 rings (SSSR count). The van der Waals surface area contributed by atoms with Gasteiger partial charge in [-0.05, 0) is 67.1 Å². The first-order chi connectivity index (χ1) is 13.8. The molecule has 1 aliphatic heterocycles. The maximum atomic E-state index is 12.7. The SMILES string of the molecule is C[C@@H](NC(=O)c1ccc(CN2CCCCCC2)cc1)c1ccc(C(C)(C)C)cc1. The van der Waals surface area contributed by atoms with Crippen LogP contribution in [-0.2, 0) is 12.0 Å². The molecule has 0 spiro atoms. The predicted molar refractivity (Wildman–Crippen MR) is 121 cm³/mol. The number of hydrogen-bond acceptors (Lipinski definition) is 2. The highest BCUT2D eigenvalue weighted by atomic mass is 16.1. The lowest BCUT2D eigenvalue weighted by molar-refractivity contribution is 0.0940. The zero-order chi connectivity index (χ0) is 20.9. The monoisotopic (exact) mass is 392 g/mol. The van der Waals surface area contributed by atoms with E-state index >= 15 is 0 Å². The number of likely N-dealkylation sites (tertiary alicyclic amines) is 1. The lowest BCUT2D eigenvalue weighted by Crippen LogP contribution is -2.27. The second-order valence-corrected chi connectivity index (χ2v) is 9.45. The van der Waals surface area contributed by atoms with Crippen LogP contribution in [0.3, 0.4) is 0 Å². The number of rotatable bonds is 5. The molecule has 1 N–H and O–H groups in total. The second-order valence-electron chi connectivity index (χ2n) is 9.45. The van der Waals surface area contributed by atoms with E-state index in [9.17, 15) is 4.79 Å². The summed E-state index contributed by atoms with van der Waals surface area (Å²) >= 11 is 0. The van der Waals surface area contributed by atoms with Gasteiger partial charge in [0.25, 0.3) is 5.91 Å². The molecule has 156 valence electrons. The van der Waals surface area contributed by atoms with Crippen LogP contribution in [0.2, 0.25) is 0 Å². The van der Waals surface area contributed by atoms with E-state index in [4.69, 9.17) is 0 Å². The second kappa shape index (κ2) is 9.58. The summed E-state index contributed by atoms with van der Waals surface area (Å²) < 4.78 is 0. The van der Waals surface area contributed by atoms with E-state index in [0.717, 1.165) is 17.7 Å². The maximum Gasteiger partial charge on any atom is 0.251 e. The first-order valence-electron chi connectivity index (χ1n) is 11.1. The van der Waals surface area contributed by atoms with Crippen LogP contribution in [0.15, 0.2) is 48.5 Å². The quantitative estimate of drug-likeness (QED) is 0.692. The molecule has 0 saturated carbocycles. The van der Waals surface area contributed by atoms with Crippen LogP contribution in [0, 0.1) is 0 Å². The molecule has 2 aromatic rings. The Morgan fingerprint density at radius 1 is 0.931 bits per heavy atom. The number of carbonyl (C=O) groups is 1. The minimum Gasteiger partial charge on any atom is -0.346 e. The van der Waals surface area contributed by atoms with Gasteiger partial charge in [0.15, 0.2) is 0 Å². The van der Waals surface area contributed by atoms with Gasteiger partial charge in [0.1, 0.15) is 0 Å². The summed E-state index contributed by atoms with van der Waals surface area (Å²) in [6.07, 6.45) is 5.31. The van der Waals surface area contributed by atoms with Crippen LogP contribution >= 0.6 is 0 Å². The van der Waals surface area contributed by atoms with E-state index in [2.05, 4.69) is 67.4 Å². The number of nitrogens with one attached hydrogen (secondary N) is 1. The number of benzene rings is 2. The Kier molecular flexibility index (Phi) is 7.13. The topological polar surface area (TPSA) is 32.3 Å². The summed E-state index contributed by atoms with van der Waals surface area (Å²) in [5, 5.41) is 3.13. The van der Waals surface area contributed by atoms with Crippen molar-refractivity contribution in [2.24, 2.45) is 0 Å². The van der Waals surface area contributed by atoms with Crippen LogP contribution < -0.4 is 5.32 Å². The van der Waals surface area contributed by atoms with Gasteiger partial charge in [0.2, 0.25) is 0 Å². The standard InChI is InChI=1S/C26H36N2O/c1-20(22-13-15-24(16-14-22)26(2,3)4)27-25(29)23-11-9-21(10-12-23)19-28-17-7-5-6-8-18-28/h9-16,20H,5-8,17-19H2,1-4H3,(H,27,29)/t20-/m1/s1. The third kappa shape index (κ3) is 6.17. The number of nitrogens with zero attached hydrogens (tertiary/aromatic N) is 1. The Bertz CT molecular complexity index is 779. The Hall–Kier alpha value is -2.13. The summed E-state index contributed by atoms with van der Waals surface area (Å²) in [5.41, 5.74) is 4.58. The van der Waals surface area contributed by atoms with E-state index < -0.39 is 0 Å². The molecule has 29 heavy (non-hydrogen) atoms. The van der Waals surface area contributed by atoms with Crippen LogP contribution in [0.1, 0.15) is 86.5 Å². The smallest absolute Gasteiger partial charge is 0.251 e. The fourth-order valence-corrected chi connectivity index (χ4v) is 3.95. The number of amides is 1. The van der Waals surface area contributed by atoms with Gasteiger partial charge in [-0.25, -0.2) is 0 Å². The normalized spacial score (nSPS) is 16.8. The molecule has 2 aromatic carbocycles. The molecular formula is C26H36N2O. The summed E-state index contributed by atoms with van der Waals surface area (Å²) in [6.45, 7) is 12.0. The van der Waals surface area contributed by atoms with E-state index in [1.807, 2.05) is 19.1 Å². The van der Waals surface area contributed by atoms with E-state index in [0.29, 0.717) is 0 Å². The third-order valence-electron chi connectivity index (χ3n) is 5.95. The molecular weight excluding hydrogens is 356 g/mol. The van der Waals surface area contributed by atoms with Crippen molar-refractivity contribution in [2.75, 3.05) is 13.1 Å². The van der Waals surface area contributed by atoms with Crippen LogP contribution in [0.4, 0.5) is 0 Å². The van der Waals surface area contributed by atoms with Crippen molar-refractivity contribution in [2.45, 2.75) is 71.4 Å². The zero-order valence-electron chi connectivity index (χ0n) is 18.5. The summed E-state index contributed by atoms with van der Waals surface area (Å²) in [6, 6.07) is 16.7. The molecule has 3 heteroatoms. The van der Waals surface area contributed by atoms with Gasteiger partial charge in [-0.15, -0.1) is 0 Å². The highest BCUT2D eigenvalue weighted by Crippen LogP contribution is 2.24. The van der Waals surface area contributed by atoms with Gasteiger partial charge >= 0.3 is 0 Å². The van der Waals surface area contributed by atoms with Crippen molar-refractivity contribution < 1.29 is 4.79 Å². The Morgan fingerprint density at radius 2 is 1.52 bits per heavy atom. The summed E-state index contributed by atoms with van der Waals surface area (Å²) in [4.78, 5) is 15.2. The van der Waals surface area contributed by atoms with E-state index in [-0.39, 0.29) is 17.4 Å². The van der Waals surface area contributed by atoms with Crippen molar-refractivity contribution >= 4 is 5.91 Å². The molecule has 1 saturated heterocycles. The first-order valence-corrected chi connectivity index (χ1v) is 11.1. The number of hydrogen-bond donors (Lipinski definition) is 1. The van der Waals surface area contributed by atoms with E-state index in [1.54, 1.807) is 0 Å². The van der Waals surface area contributed by atoms with Gasteiger partial charge < -0.3 is 5.32 Å². The molecule has 0 radical (unpaired) electrons. The Balaban J connectivity index is 1.57. The van der Waals surface area contributed by atoms with Gasteiger partial charge in [-0.2, -0.15) is 0 Å². The maximum absolute atomic E-state index is 12.7. The zero-order valence-corrected chi connectivity index (χ0v) is 18.5. The Morgan fingerprint density at radius 3 is 2.07 bits per heavy atom. The third-order valence-corrected chi connectivity index (χ3v) is 5.95. The summed E-state index contributed by atoms with van der Waals surface area (Å²) in [5.74, 6) is -0.0151.